The maximum absolute atomic E-state index is 12.1. The Morgan fingerprint density at radius 2 is 1.95 bits per heavy atom. The average Bonchev–Trinajstić information content (AvgIpc) is 2.45. The first-order valence-electron chi connectivity index (χ1n) is 6.25. The minimum Gasteiger partial charge on any atom is -0.371 e. The molecule has 1 aliphatic heterocycles. The third-order valence-corrected chi connectivity index (χ3v) is 3.11. The Labute approximate surface area is 112 Å². The van der Waals surface area contributed by atoms with Gasteiger partial charge in [0.25, 0.3) is 0 Å². The van der Waals surface area contributed by atoms with E-state index in [4.69, 9.17) is 5.73 Å². The van der Waals surface area contributed by atoms with Crippen LogP contribution in [0.15, 0.2) is 24.3 Å². The highest BCUT2D eigenvalue weighted by molar-refractivity contribution is 6.40. The molecule has 0 bridgehead atoms. The van der Waals surface area contributed by atoms with Gasteiger partial charge in [0.1, 0.15) is 0 Å². The fraction of sp³-hybridized carbons (Fsp3) is 0.385. The van der Waals surface area contributed by atoms with Gasteiger partial charge < -0.3 is 20.9 Å². The van der Waals surface area contributed by atoms with Gasteiger partial charge in [-0.25, -0.2) is 0 Å². The molecule has 0 saturated carbocycles. The Morgan fingerprint density at radius 3 is 2.63 bits per heavy atom. The van der Waals surface area contributed by atoms with E-state index < -0.39 is 11.8 Å². The maximum atomic E-state index is 12.1. The standard InChI is InChI=1S/C13H18N4O2/c1-16-8-9-17(11-5-3-2-4-10(11)16)13(19)12(18)15-7-6-14/h2-5H,6-9,14H2,1H3,(H,15,18). The van der Waals surface area contributed by atoms with Crippen molar-refractivity contribution in [2.24, 2.45) is 5.73 Å². The Balaban J connectivity index is 2.20. The number of nitrogens with zero attached hydrogens (tertiary/aromatic N) is 2. The number of fused-ring (bicyclic) bond motifs is 1. The van der Waals surface area contributed by atoms with Crippen LogP contribution < -0.4 is 20.9 Å². The lowest BCUT2D eigenvalue weighted by Gasteiger charge is -2.35. The van der Waals surface area contributed by atoms with Crippen LogP contribution in [-0.2, 0) is 9.59 Å². The molecule has 6 heteroatoms. The lowest BCUT2D eigenvalue weighted by atomic mass is 10.1. The number of hydrogen-bond donors (Lipinski definition) is 2. The second-order valence-electron chi connectivity index (χ2n) is 4.41. The third kappa shape index (κ3) is 2.68. The molecule has 0 fully saturated rings. The second-order valence-corrected chi connectivity index (χ2v) is 4.41. The number of anilines is 2. The van der Waals surface area contributed by atoms with Crippen molar-refractivity contribution < 1.29 is 9.59 Å². The van der Waals surface area contributed by atoms with Gasteiger partial charge in [0, 0.05) is 33.2 Å². The lowest BCUT2D eigenvalue weighted by molar-refractivity contribution is -0.137. The number of hydrogen-bond acceptors (Lipinski definition) is 4. The summed E-state index contributed by atoms with van der Waals surface area (Å²) in [5, 5.41) is 2.50. The Bertz CT molecular complexity index is 489. The zero-order valence-corrected chi connectivity index (χ0v) is 10.9. The molecule has 0 aromatic heterocycles. The number of para-hydroxylation sites is 2. The van der Waals surface area contributed by atoms with Crippen molar-refractivity contribution in [3.05, 3.63) is 24.3 Å². The van der Waals surface area contributed by atoms with Crippen molar-refractivity contribution in [2.75, 3.05) is 43.0 Å². The maximum Gasteiger partial charge on any atom is 0.316 e. The SMILES string of the molecule is CN1CCN(C(=O)C(=O)NCCN)c2ccccc21. The minimum absolute atomic E-state index is 0.306. The van der Waals surface area contributed by atoms with Crippen LogP contribution in [0.5, 0.6) is 0 Å². The Hall–Kier alpha value is -2.08. The van der Waals surface area contributed by atoms with Crippen molar-refractivity contribution >= 4 is 23.2 Å². The van der Waals surface area contributed by atoms with Crippen molar-refractivity contribution in [3.63, 3.8) is 0 Å². The van der Waals surface area contributed by atoms with Gasteiger partial charge in [0.2, 0.25) is 0 Å². The average molecular weight is 262 g/mol. The summed E-state index contributed by atoms with van der Waals surface area (Å²) in [6, 6.07) is 7.56. The highest BCUT2D eigenvalue weighted by Crippen LogP contribution is 2.31. The molecular weight excluding hydrogens is 244 g/mol. The van der Waals surface area contributed by atoms with Gasteiger partial charge in [0.05, 0.1) is 11.4 Å². The molecule has 1 heterocycles. The van der Waals surface area contributed by atoms with Gasteiger partial charge in [-0.1, -0.05) is 12.1 Å². The van der Waals surface area contributed by atoms with Crippen molar-refractivity contribution in [2.45, 2.75) is 0 Å². The zero-order chi connectivity index (χ0) is 13.8. The van der Waals surface area contributed by atoms with E-state index in [9.17, 15) is 9.59 Å². The highest BCUT2D eigenvalue weighted by Gasteiger charge is 2.28. The van der Waals surface area contributed by atoms with Gasteiger partial charge in [-0.15, -0.1) is 0 Å². The van der Waals surface area contributed by atoms with Gasteiger partial charge in [-0.05, 0) is 12.1 Å². The molecule has 0 spiro atoms. The number of carbonyl (C=O) groups is 2. The Kier molecular flexibility index (Phi) is 4.01. The van der Waals surface area contributed by atoms with E-state index in [1.807, 2.05) is 31.3 Å². The van der Waals surface area contributed by atoms with Gasteiger partial charge in [0.15, 0.2) is 0 Å². The molecule has 19 heavy (non-hydrogen) atoms. The van der Waals surface area contributed by atoms with Crippen molar-refractivity contribution in [3.8, 4) is 0 Å². The van der Waals surface area contributed by atoms with Gasteiger partial charge in [-0.2, -0.15) is 0 Å². The molecule has 2 amide bonds. The third-order valence-electron chi connectivity index (χ3n) is 3.11. The van der Waals surface area contributed by atoms with Crippen LogP contribution in [0.3, 0.4) is 0 Å². The summed E-state index contributed by atoms with van der Waals surface area (Å²) in [4.78, 5) is 27.4. The molecule has 0 unspecified atom stereocenters. The number of rotatable bonds is 2. The summed E-state index contributed by atoms with van der Waals surface area (Å²) >= 11 is 0. The van der Waals surface area contributed by atoms with Crippen LogP contribution in [0.2, 0.25) is 0 Å². The monoisotopic (exact) mass is 262 g/mol. The van der Waals surface area contributed by atoms with Crippen LogP contribution in [0.25, 0.3) is 0 Å². The zero-order valence-electron chi connectivity index (χ0n) is 10.9. The summed E-state index contributed by atoms with van der Waals surface area (Å²) in [5.41, 5.74) is 7.02. The van der Waals surface area contributed by atoms with E-state index in [1.54, 1.807) is 0 Å². The molecule has 102 valence electrons. The first kappa shape index (κ1) is 13.4. The number of benzene rings is 1. The highest BCUT2D eigenvalue weighted by atomic mass is 16.2. The van der Waals surface area contributed by atoms with Crippen LogP contribution >= 0.6 is 0 Å². The summed E-state index contributed by atoms with van der Waals surface area (Å²) in [7, 11) is 1.97. The molecule has 0 saturated heterocycles. The largest absolute Gasteiger partial charge is 0.371 e. The van der Waals surface area contributed by atoms with Gasteiger partial charge >= 0.3 is 11.8 Å². The van der Waals surface area contributed by atoms with E-state index in [1.165, 1.54) is 4.90 Å². The van der Waals surface area contributed by atoms with Crippen molar-refractivity contribution in [1.29, 1.82) is 0 Å². The topological polar surface area (TPSA) is 78.7 Å². The number of nitrogens with one attached hydrogen (secondary N) is 1. The smallest absolute Gasteiger partial charge is 0.316 e. The number of nitrogens with two attached hydrogens (primary N) is 1. The molecule has 3 N–H and O–H groups in total. The lowest BCUT2D eigenvalue weighted by Crippen LogP contribution is -2.49. The van der Waals surface area contributed by atoms with E-state index in [0.29, 0.717) is 26.2 Å². The van der Waals surface area contributed by atoms with Crippen LogP contribution in [-0.4, -0.2) is 45.0 Å². The second kappa shape index (κ2) is 5.71. The summed E-state index contributed by atoms with van der Waals surface area (Å²) < 4.78 is 0. The molecule has 0 aliphatic carbocycles. The fourth-order valence-electron chi connectivity index (χ4n) is 2.10. The molecule has 1 aromatic carbocycles. The molecule has 6 nitrogen and oxygen atoms in total. The normalized spacial score (nSPS) is 14.0. The van der Waals surface area contributed by atoms with Crippen LogP contribution in [0.4, 0.5) is 11.4 Å². The predicted molar refractivity (Wildman–Crippen MR) is 74.1 cm³/mol. The molecular formula is C13H18N4O2. The van der Waals surface area contributed by atoms with Crippen LogP contribution in [0.1, 0.15) is 0 Å². The molecule has 0 radical (unpaired) electrons. The number of amides is 2. The summed E-state index contributed by atoms with van der Waals surface area (Å²) in [6.45, 7) is 1.83. The minimum atomic E-state index is -0.607. The quantitative estimate of drug-likeness (QED) is 0.707. The van der Waals surface area contributed by atoms with Crippen LogP contribution in [0, 0.1) is 0 Å². The summed E-state index contributed by atoms with van der Waals surface area (Å²) in [6.07, 6.45) is 0. The van der Waals surface area contributed by atoms with E-state index in [0.717, 1.165) is 11.4 Å². The van der Waals surface area contributed by atoms with E-state index >= 15 is 0 Å². The first-order valence-corrected chi connectivity index (χ1v) is 6.25. The van der Waals surface area contributed by atoms with Crippen molar-refractivity contribution in [1.82, 2.24) is 5.32 Å². The molecule has 2 rings (SSSR count). The first-order chi connectivity index (χ1) is 9.15. The number of carbonyl (C=O) groups excluding carboxylic acids is 2. The molecule has 0 atom stereocenters. The van der Waals surface area contributed by atoms with Gasteiger partial charge in [-0.3, -0.25) is 9.59 Å². The van der Waals surface area contributed by atoms with E-state index in [2.05, 4.69) is 10.2 Å². The molecule has 1 aromatic rings. The molecule has 1 aliphatic rings. The Morgan fingerprint density at radius 1 is 1.26 bits per heavy atom. The predicted octanol–water partition coefficient (Wildman–Crippen LogP) is -0.456. The fourth-order valence-corrected chi connectivity index (χ4v) is 2.10. The number of likely N-dealkylation sites (N-methyl/N-ethyl adjacent to an activating group) is 1. The summed E-state index contributed by atoms with van der Waals surface area (Å²) in [5.74, 6) is -1.14. The van der Waals surface area contributed by atoms with E-state index in [-0.39, 0.29) is 0 Å².